The lowest BCUT2D eigenvalue weighted by Gasteiger charge is -2.36. The Balaban J connectivity index is 1.81. The number of thiazole rings is 1. The molecule has 1 aliphatic heterocycles. The minimum atomic E-state index is -0.799. The number of Topliss-reactive ketones (excluding diaryl/α,β-unsaturated/α-hetero) is 1. The van der Waals surface area contributed by atoms with Crippen LogP contribution in [0.1, 0.15) is 127 Å². The summed E-state index contributed by atoms with van der Waals surface area (Å²) in [6, 6.07) is 8.89. The Morgan fingerprint density at radius 2 is 1.72 bits per heavy atom. The molecule has 1 aliphatic rings. The Kier molecular flexibility index (Phi) is 18.3. The number of benzene rings is 1. The first kappa shape index (κ1) is 44.8. The molecule has 2 amide bonds. The molecule has 1 aromatic carbocycles. The molecular formula is C42H64N4O7S. The number of aromatic nitrogens is 1. The van der Waals surface area contributed by atoms with Gasteiger partial charge < -0.3 is 19.7 Å². The third-order valence-electron chi connectivity index (χ3n) is 10.4. The fourth-order valence-electron chi connectivity index (χ4n) is 7.35. The number of likely N-dealkylation sites (N-methyl/N-ethyl adjacent to an activating group) is 1. The highest BCUT2D eigenvalue weighted by molar-refractivity contribution is 7.09. The number of esters is 2. The number of piperidine rings is 1. The number of nitrogens with one attached hydrogen (secondary N) is 1. The fraction of sp³-hybridized carbons (Fsp3) is 0.667. The maximum atomic E-state index is 14.3. The number of ketones is 1. The van der Waals surface area contributed by atoms with Gasteiger partial charge in [-0.1, -0.05) is 77.8 Å². The molecule has 2 aromatic rings. The van der Waals surface area contributed by atoms with Gasteiger partial charge in [0.05, 0.1) is 18.6 Å². The van der Waals surface area contributed by atoms with Crippen molar-refractivity contribution in [3.8, 4) is 0 Å². The van der Waals surface area contributed by atoms with E-state index in [9.17, 15) is 24.0 Å². The van der Waals surface area contributed by atoms with Crippen molar-refractivity contribution in [3.63, 3.8) is 0 Å². The number of rotatable bonds is 21. The number of amides is 2. The van der Waals surface area contributed by atoms with E-state index in [0.717, 1.165) is 37.8 Å². The first-order valence-electron chi connectivity index (χ1n) is 19.7. The maximum absolute atomic E-state index is 14.3. The van der Waals surface area contributed by atoms with Crippen LogP contribution in [0.2, 0.25) is 0 Å². The number of likely N-dealkylation sites (tertiary alicyclic amines) is 1. The molecule has 12 heteroatoms. The molecule has 0 bridgehead atoms. The van der Waals surface area contributed by atoms with Gasteiger partial charge in [0.1, 0.15) is 10.7 Å². The Morgan fingerprint density at radius 1 is 1.02 bits per heavy atom. The normalized spacial score (nSPS) is 17.6. The van der Waals surface area contributed by atoms with E-state index < -0.39 is 29.8 Å². The average molecular weight is 769 g/mol. The van der Waals surface area contributed by atoms with E-state index >= 15 is 0 Å². The summed E-state index contributed by atoms with van der Waals surface area (Å²) in [4.78, 5) is 74.9. The molecule has 3 rings (SSSR count). The van der Waals surface area contributed by atoms with Crippen LogP contribution in [-0.2, 0) is 35.1 Å². The van der Waals surface area contributed by atoms with Crippen LogP contribution >= 0.6 is 11.3 Å². The largest absolute Gasteiger partial charge is 0.466 e. The van der Waals surface area contributed by atoms with E-state index in [1.807, 2.05) is 51.2 Å². The highest BCUT2D eigenvalue weighted by Crippen LogP contribution is 2.32. The second-order valence-electron chi connectivity index (χ2n) is 15.7. The van der Waals surface area contributed by atoms with Gasteiger partial charge in [-0.25, -0.2) is 4.98 Å². The lowest BCUT2D eigenvalue weighted by molar-refractivity contribution is -0.149. The molecule has 11 nitrogen and oxygen atoms in total. The van der Waals surface area contributed by atoms with E-state index in [-0.39, 0.29) is 66.8 Å². The molecule has 0 aliphatic carbocycles. The van der Waals surface area contributed by atoms with Crippen molar-refractivity contribution in [1.29, 1.82) is 0 Å². The topological polar surface area (TPSA) is 135 Å². The van der Waals surface area contributed by atoms with Crippen LogP contribution in [0, 0.1) is 23.7 Å². The van der Waals surface area contributed by atoms with Crippen LogP contribution in [0.3, 0.4) is 0 Å². The summed E-state index contributed by atoms with van der Waals surface area (Å²) in [5.41, 5.74) is 1.20. The predicted molar refractivity (Wildman–Crippen MR) is 212 cm³/mol. The number of hydrogen-bond donors (Lipinski definition) is 1. The Labute approximate surface area is 326 Å². The molecule has 300 valence electrons. The Morgan fingerprint density at radius 3 is 2.33 bits per heavy atom. The summed E-state index contributed by atoms with van der Waals surface area (Å²) >= 11 is 1.22. The van der Waals surface area contributed by atoms with Crippen LogP contribution in [0.4, 0.5) is 0 Å². The fourth-order valence-corrected chi connectivity index (χ4v) is 8.19. The second kappa shape index (κ2) is 22.0. The van der Waals surface area contributed by atoms with Crippen molar-refractivity contribution in [2.75, 3.05) is 27.2 Å². The zero-order chi connectivity index (χ0) is 39.9. The predicted octanol–water partition coefficient (Wildman–Crippen LogP) is 7.05. The minimum absolute atomic E-state index is 0.00852. The summed E-state index contributed by atoms with van der Waals surface area (Å²) in [6.07, 6.45) is 4.95. The van der Waals surface area contributed by atoms with Crippen molar-refractivity contribution in [2.45, 2.75) is 130 Å². The summed E-state index contributed by atoms with van der Waals surface area (Å²) < 4.78 is 11.0. The number of carbonyl (C=O) groups excluding carboxylic acids is 5. The molecule has 0 radical (unpaired) electrons. The van der Waals surface area contributed by atoms with Gasteiger partial charge in [-0.05, 0) is 70.0 Å². The van der Waals surface area contributed by atoms with Crippen molar-refractivity contribution >= 4 is 40.9 Å². The molecule has 54 heavy (non-hydrogen) atoms. The zero-order valence-corrected chi connectivity index (χ0v) is 34.8. The van der Waals surface area contributed by atoms with Gasteiger partial charge in [0.25, 0.3) is 5.91 Å². The molecule has 1 N–H and O–H groups in total. The van der Waals surface area contributed by atoms with Crippen molar-refractivity contribution in [1.82, 2.24) is 20.1 Å². The van der Waals surface area contributed by atoms with Crippen molar-refractivity contribution < 1.29 is 33.4 Å². The number of nitrogens with zero attached hydrogens (tertiary/aromatic N) is 3. The van der Waals surface area contributed by atoms with Crippen LogP contribution in [-0.4, -0.2) is 89.7 Å². The van der Waals surface area contributed by atoms with Gasteiger partial charge in [-0.15, -0.1) is 11.3 Å². The third-order valence-corrected chi connectivity index (χ3v) is 11.4. The highest BCUT2D eigenvalue weighted by Gasteiger charge is 2.36. The van der Waals surface area contributed by atoms with Crippen LogP contribution in [0.5, 0.6) is 0 Å². The Bertz CT molecular complexity index is 1510. The molecule has 2 heterocycles. The first-order valence-corrected chi connectivity index (χ1v) is 20.6. The molecule has 1 fully saturated rings. The quantitative estimate of drug-likeness (QED) is 0.133. The lowest BCUT2D eigenvalue weighted by atomic mass is 9.87. The van der Waals surface area contributed by atoms with Crippen molar-refractivity contribution in [2.24, 2.45) is 23.7 Å². The van der Waals surface area contributed by atoms with E-state index in [4.69, 9.17) is 9.47 Å². The summed E-state index contributed by atoms with van der Waals surface area (Å²) in [6.45, 7) is 14.4. The van der Waals surface area contributed by atoms with Crippen LogP contribution < -0.4 is 5.32 Å². The summed E-state index contributed by atoms with van der Waals surface area (Å²) in [5, 5.41) is 5.17. The number of carbonyl (C=O) groups is 5. The SMILES string of the molecule is CCOC(=O)[C@@H](C)C[C@H](Cc1ccccc1)NC(=O)c1csc([C@@H](C[C@H](C(C)C)N(C)C(=O)[C@H](CCC(C)C)CC(=O)[C@H]2CCCCN2C)OC(C)=O)n1. The standard InChI is InChI=1S/C42H64N4O7S/c1-10-52-42(51)29(6)22-33(23-31-16-12-11-13-17-31)43-39(49)34-26-54-40(44-34)38(53-30(7)47)25-36(28(4)5)46(9)41(50)32(20-19-27(2)3)24-37(48)35-18-14-15-21-45(35)8/h11-13,16-17,26-29,32-33,35-36,38H,10,14-15,18-25H2,1-9H3,(H,43,49)/t29-,32+,33+,35+,36+,38+/m0/s1. The van der Waals surface area contributed by atoms with E-state index in [0.29, 0.717) is 30.2 Å². The monoisotopic (exact) mass is 768 g/mol. The van der Waals surface area contributed by atoms with E-state index in [1.54, 1.807) is 31.2 Å². The zero-order valence-electron chi connectivity index (χ0n) is 34.0. The van der Waals surface area contributed by atoms with E-state index in [1.165, 1.54) is 18.3 Å². The van der Waals surface area contributed by atoms with Gasteiger partial charge in [0, 0.05) is 50.2 Å². The molecule has 6 atom stereocenters. The Hall–Kier alpha value is -3.64. The summed E-state index contributed by atoms with van der Waals surface area (Å²) in [5.74, 6) is -1.66. The van der Waals surface area contributed by atoms with Gasteiger partial charge in [-0.2, -0.15) is 0 Å². The van der Waals surface area contributed by atoms with Crippen molar-refractivity contribution in [3.05, 3.63) is 52.0 Å². The first-order chi connectivity index (χ1) is 25.6. The lowest BCUT2D eigenvalue weighted by Crippen LogP contribution is -2.47. The van der Waals surface area contributed by atoms with Crippen LogP contribution in [0.15, 0.2) is 35.7 Å². The van der Waals surface area contributed by atoms with Crippen LogP contribution in [0.25, 0.3) is 0 Å². The molecule has 0 unspecified atom stereocenters. The van der Waals surface area contributed by atoms with Gasteiger partial charge >= 0.3 is 11.9 Å². The van der Waals surface area contributed by atoms with Gasteiger partial charge in [0.15, 0.2) is 11.9 Å². The average Bonchev–Trinajstić information content (AvgIpc) is 3.62. The molecular weight excluding hydrogens is 705 g/mol. The minimum Gasteiger partial charge on any atom is -0.466 e. The second-order valence-corrected chi connectivity index (χ2v) is 16.6. The maximum Gasteiger partial charge on any atom is 0.308 e. The highest BCUT2D eigenvalue weighted by atomic mass is 32.1. The number of hydrogen-bond acceptors (Lipinski definition) is 10. The molecule has 0 spiro atoms. The molecule has 1 saturated heterocycles. The molecule has 1 aromatic heterocycles. The smallest absolute Gasteiger partial charge is 0.308 e. The number of ether oxygens (including phenoxy) is 2. The van der Waals surface area contributed by atoms with E-state index in [2.05, 4.69) is 29.0 Å². The molecule has 0 saturated carbocycles. The van der Waals surface area contributed by atoms with Gasteiger partial charge in [0.2, 0.25) is 5.91 Å². The third kappa shape index (κ3) is 13.9. The summed E-state index contributed by atoms with van der Waals surface area (Å²) in [7, 11) is 3.77. The van der Waals surface area contributed by atoms with Gasteiger partial charge in [-0.3, -0.25) is 28.9 Å².